The molecule has 0 unspecified atom stereocenters. The first-order chi connectivity index (χ1) is 12.0. The predicted molar refractivity (Wildman–Crippen MR) is 97.8 cm³/mol. The normalized spacial score (nSPS) is 17.2. The van der Waals surface area contributed by atoms with Crippen LogP contribution in [-0.2, 0) is 13.0 Å². The molecule has 0 spiro atoms. The van der Waals surface area contributed by atoms with Crippen molar-refractivity contribution in [1.82, 2.24) is 15.2 Å². The van der Waals surface area contributed by atoms with Gasteiger partial charge >= 0.3 is 6.03 Å². The second-order valence-corrected chi connectivity index (χ2v) is 6.70. The molecule has 6 nitrogen and oxygen atoms in total. The molecule has 25 heavy (non-hydrogen) atoms. The van der Waals surface area contributed by atoms with E-state index in [0.29, 0.717) is 25.4 Å². The van der Waals surface area contributed by atoms with Gasteiger partial charge in [0, 0.05) is 51.8 Å². The van der Waals surface area contributed by atoms with E-state index in [1.165, 1.54) is 11.3 Å². The molecule has 1 aromatic heterocycles. The quantitative estimate of drug-likeness (QED) is 0.932. The number of benzene rings is 1. The van der Waals surface area contributed by atoms with E-state index in [1.807, 2.05) is 30.9 Å². The number of fused-ring (bicyclic) bond motifs is 1. The van der Waals surface area contributed by atoms with Crippen LogP contribution in [0.5, 0.6) is 0 Å². The fraction of sp³-hybridized carbons (Fsp3) is 0.474. The summed E-state index contributed by atoms with van der Waals surface area (Å²) >= 11 is 0. The Morgan fingerprint density at radius 3 is 2.84 bits per heavy atom. The molecular weight excluding hydrogens is 316 g/mol. The van der Waals surface area contributed by atoms with Gasteiger partial charge in [-0.25, -0.2) is 9.78 Å². The Bertz CT molecular complexity index is 756. The molecule has 1 aromatic carbocycles. The molecule has 1 atom stereocenters. The van der Waals surface area contributed by atoms with Crippen LogP contribution in [0.1, 0.15) is 29.8 Å². The number of urea groups is 1. The minimum Gasteiger partial charge on any atom is -0.446 e. The van der Waals surface area contributed by atoms with Gasteiger partial charge in [0.2, 0.25) is 0 Å². The number of carbonyl (C=O) groups excluding carboxylic acids is 1. The Balaban J connectivity index is 1.64. The Morgan fingerprint density at radius 1 is 1.36 bits per heavy atom. The van der Waals surface area contributed by atoms with Crippen molar-refractivity contribution < 1.29 is 9.21 Å². The number of rotatable bonds is 3. The van der Waals surface area contributed by atoms with E-state index in [4.69, 9.17) is 4.42 Å². The number of amides is 2. The van der Waals surface area contributed by atoms with Crippen LogP contribution in [0.25, 0.3) is 0 Å². The van der Waals surface area contributed by atoms with Crippen LogP contribution in [0.4, 0.5) is 10.5 Å². The van der Waals surface area contributed by atoms with Crippen molar-refractivity contribution in [2.24, 2.45) is 0 Å². The minimum atomic E-state index is -0.0320. The second kappa shape index (κ2) is 7.17. The largest absolute Gasteiger partial charge is 0.446 e. The molecule has 0 radical (unpaired) electrons. The molecule has 0 saturated heterocycles. The molecule has 1 aliphatic heterocycles. The Labute approximate surface area is 148 Å². The molecule has 2 heterocycles. The third-order valence-corrected chi connectivity index (χ3v) is 4.71. The van der Waals surface area contributed by atoms with E-state index in [9.17, 15) is 4.79 Å². The number of anilines is 1. The summed E-state index contributed by atoms with van der Waals surface area (Å²) in [6.07, 6.45) is 0.674. The molecule has 2 amide bonds. The zero-order valence-corrected chi connectivity index (χ0v) is 15.4. The van der Waals surface area contributed by atoms with Crippen molar-refractivity contribution in [3.8, 4) is 0 Å². The first-order valence-electron chi connectivity index (χ1n) is 8.72. The highest BCUT2D eigenvalue weighted by Gasteiger charge is 2.26. The molecule has 1 N–H and O–H groups in total. The summed E-state index contributed by atoms with van der Waals surface area (Å²) in [5.74, 6) is 1.49. The number of aryl methyl sites for hydroxylation is 2. The zero-order valence-electron chi connectivity index (χ0n) is 15.4. The molecule has 0 saturated carbocycles. The Hall–Kier alpha value is -2.50. The number of carbonyl (C=O) groups is 1. The van der Waals surface area contributed by atoms with E-state index in [2.05, 4.69) is 41.3 Å². The monoisotopic (exact) mass is 342 g/mol. The molecule has 0 fully saturated rings. The molecule has 1 aliphatic rings. The van der Waals surface area contributed by atoms with Crippen LogP contribution >= 0.6 is 0 Å². The van der Waals surface area contributed by atoms with Crippen molar-refractivity contribution in [1.29, 1.82) is 0 Å². The highest BCUT2D eigenvalue weighted by atomic mass is 16.4. The lowest BCUT2D eigenvalue weighted by atomic mass is 10.1. The maximum atomic E-state index is 12.7. The fourth-order valence-electron chi connectivity index (χ4n) is 3.41. The van der Waals surface area contributed by atoms with Gasteiger partial charge in [0.15, 0.2) is 5.89 Å². The molecular formula is C19H26N4O2. The lowest BCUT2D eigenvalue weighted by Gasteiger charge is -2.28. The highest BCUT2D eigenvalue weighted by molar-refractivity contribution is 5.75. The van der Waals surface area contributed by atoms with Gasteiger partial charge in [-0.2, -0.15) is 0 Å². The third kappa shape index (κ3) is 3.78. The van der Waals surface area contributed by atoms with Crippen LogP contribution in [-0.4, -0.2) is 42.1 Å². The smallest absolute Gasteiger partial charge is 0.318 e. The van der Waals surface area contributed by atoms with Crippen molar-refractivity contribution in [2.75, 3.05) is 25.0 Å². The van der Waals surface area contributed by atoms with Crippen molar-refractivity contribution in [3.63, 3.8) is 0 Å². The van der Waals surface area contributed by atoms with Gasteiger partial charge in [-0.15, -0.1) is 0 Å². The number of likely N-dealkylation sites (N-methyl/N-ethyl adjacent to an activating group) is 1. The summed E-state index contributed by atoms with van der Waals surface area (Å²) in [5, 5.41) is 3.03. The number of hydrogen-bond donors (Lipinski definition) is 1. The average molecular weight is 342 g/mol. The Morgan fingerprint density at radius 2 is 2.12 bits per heavy atom. The predicted octanol–water partition coefficient (Wildman–Crippen LogP) is 2.88. The standard InChI is InChI=1S/C19H26N4O2/c1-13-11-22(4)18-8-6-5-7-16(18)12-23(13)19(24)20-10-9-17-14(2)25-15(3)21-17/h5-8,13H,9-12H2,1-4H3,(H,20,24)/t13-/m0/s1. The molecule has 0 aliphatic carbocycles. The van der Waals surface area contributed by atoms with Crippen LogP contribution in [0.3, 0.4) is 0 Å². The van der Waals surface area contributed by atoms with E-state index in [1.54, 1.807) is 0 Å². The van der Waals surface area contributed by atoms with Gasteiger partial charge in [0.05, 0.1) is 5.69 Å². The first kappa shape index (κ1) is 17.3. The highest BCUT2D eigenvalue weighted by Crippen LogP contribution is 2.25. The summed E-state index contributed by atoms with van der Waals surface area (Å²) in [5.41, 5.74) is 3.28. The summed E-state index contributed by atoms with van der Waals surface area (Å²) in [4.78, 5) is 21.2. The van der Waals surface area contributed by atoms with E-state index < -0.39 is 0 Å². The molecule has 2 aromatic rings. The van der Waals surface area contributed by atoms with Crippen LogP contribution in [0, 0.1) is 13.8 Å². The van der Waals surface area contributed by atoms with Gasteiger partial charge in [0.25, 0.3) is 0 Å². The van der Waals surface area contributed by atoms with Crippen LogP contribution in [0.15, 0.2) is 28.7 Å². The molecule has 6 heteroatoms. The maximum Gasteiger partial charge on any atom is 0.318 e. The van der Waals surface area contributed by atoms with Crippen molar-refractivity contribution in [3.05, 3.63) is 47.2 Å². The summed E-state index contributed by atoms with van der Waals surface area (Å²) in [7, 11) is 2.08. The number of aromatic nitrogens is 1. The van der Waals surface area contributed by atoms with E-state index in [-0.39, 0.29) is 12.1 Å². The lowest BCUT2D eigenvalue weighted by Crippen LogP contribution is -2.47. The van der Waals surface area contributed by atoms with Gasteiger partial charge in [-0.1, -0.05) is 18.2 Å². The summed E-state index contributed by atoms with van der Waals surface area (Å²) in [6.45, 7) is 7.81. The Kier molecular flexibility index (Phi) is 4.97. The van der Waals surface area contributed by atoms with Gasteiger partial charge in [-0.3, -0.25) is 0 Å². The summed E-state index contributed by atoms with van der Waals surface area (Å²) in [6, 6.07) is 8.36. The van der Waals surface area contributed by atoms with Crippen LogP contribution < -0.4 is 10.2 Å². The van der Waals surface area contributed by atoms with Crippen molar-refractivity contribution in [2.45, 2.75) is 39.8 Å². The number of hydrogen-bond acceptors (Lipinski definition) is 4. The van der Waals surface area contributed by atoms with Crippen LogP contribution in [0.2, 0.25) is 0 Å². The first-order valence-corrected chi connectivity index (χ1v) is 8.72. The topological polar surface area (TPSA) is 61.6 Å². The van der Waals surface area contributed by atoms with Gasteiger partial charge in [0.1, 0.15) is 5.76 Å². The third-order valence-electron chi connectivity index (χ3n) is 4.71. The minimum absolute atomic E-state index is 0.0320. The number of nitrogens with zero attached hydrogens (tertiary/aromatic N) is 3. The SMILES string of the molecule is Cc1nc(CCNC(=O)N2Cc3ccccc3N(C)C[C@@H]2C)c(C)o1. The number of nitrogens with one attached hydrogen (secondary N) is 1. The molecule has 3 rings (SSSR count). The summed E-state index contributed by atoms with van der Waals surface area (Å²) < 4.78 is 5.43. The van der Waals surface area contributed by atoms with E-state index in [0.717, 1.165) is 18.0 Å². The van der Waals surface area contributed by atoms with Gasteiger partial charge in [-0.05, 0) is 25.5 Å². The maximum absolute atomic E-state index is 12.7. The van der Waals surface area contributed by atoms with E-state index >= 15 is 0 Å². The average Bonchev–Trinajstić information content (AvgIpc) is 2.82. The van der Waals surface area contributed by atoms with Gasteiger partial charge < -0.3 is 19.5 Å². The zero-order chi connectivity index (χ0) is 18.0. The second-order valence-electron chi connectivity index (χ2n) is 6.70. The lowest BCUT2D eigenvalue weighted by molar-refractivity contribution is 0.178. The molecule has 134 valence electrons. The fourth-order valence-corrected chi connectivity index (χ4v) is 3.41. The number of oxazole rings is 1. The number of para-hydroxylation sites is 1. The molecule has 0 bridgehead atoms. The van der Waals surface area contributed by atoms with Crippen molar-refractivity contribution >= 4 is 11.7 Å².